The van der Waals surface area contributed by atoms with E-state index in [0.717, 1.165) is 15.9 Å². The molecule has 1 unspecified atom stereocenters. The lowest BCUT2D eigenvalue weighted by Gasteiger charge is -2.16. The summed E-state index contributed by atoms with van der Waals surface area (Å²) < 4.78 is 6.68. The van der Waals surface area contributed by atoms with E-state index in [9.17, 15) is 4.79 Å². The van der Waals surface area contributed by atoms with E-state index in [1.807, 2.05) is 19.1 Å². The van der Waals surface area contributed by atoms with Crippen LogP contribution in [0.25, 0.3) is 0 Å². The maximum Gasteiger partial charge on any atom is 0.273 e. The second kappa shape index (κ2) is 6.11. The van der Waals surface area contributed by atoms with Gasteiger partial charge in [-0.15, -0.1) is 11.3 Å². The number of aromatic nitrogens is 2. The lowest BCUT2D eigenvalue weighted by molar-refractivity contribution is 0.0766. The molecule has 5 nitrogen and oxygen atoms in total. The molecular formula is C14H14BrN3O2S. The first kappa shape index (κ1) is 14.5. The molecule has 1 amide bonds. The zero-order valence-electron chi connectivity index (χ0n) is 11.5. The molecule has 21 heavy (non-hydrogen) atoms. The van der Waals surface area contributed by atoms with Crippen molar-refractivity contribution in [3.8, 4) is 5.88 Å². The summed E-state index contributed by atoms with van der Waals surface area (Å²) >= 11 is 4.90. The minimum absolute atomic E-state index is 0.0227. The average Bonchev–Trinajstić information content (AvgIpc) is 3.10. The Morgan fingerprint density at radius 1 is 1.57 bits per heavy atom. The minimum Gasteiger partial charge on any atom is -0.472 e. The van der Waals surface area contributed by atoms with Crippen LogP contribution in [0.1, 0.15) is 21.9 Å². The summed E-state index contributed by atoms with van der Waals surface area (Å²) in [4.78, 5) is 22.5. The normalized spacial score (nSPS) is 18.0. The molecule has 0 spiro atoms. The Bertz CT molecular complexity index is 661. The van der Waals surface area contributed by atoms with Crippen molar-refractivity contribution in [1.82, 2.24) is 14.9 Å². The maximum atomic E-state index is 12.3. The van der Waals surface area contributed by atoms with Crippen molar-refractivity contribution in [2.24, 2.45) is 0 Å². The van der Waals surface area contributed by atoms with Gasteiger partial charge in [-0.25, -0.2) is 9.97 Å². The second-order valence-electron chi connectivity index (χ2n) is 4.82. The van der Waals surface area contributed by atoms with Gasteiger partial charge in [0, 0.05) is 24.5 Å². The van der Waals surface area contributed by atoms with E-state index < -0.39 is 0 Å². The molecule has 110 valence electrons. The molecule has 2 aromatic rings. The highest BCUT2D eigenvalue weighted by molar-refractivity contribution is 9.10. The van der Waals surface area contributed by atoms with Crippen LogP contribution in [0, 0.1) is 6.92 Å². The number of hydrogen-bond donors (Lipinski definition) is 0. The highest BCUT2D eigenvalue weighted by Gasteiger charge is 2.29. The summed E-state index contributed by atoms with van der Waals surface area (Å²) in [6, 6.07) is 3.73. The monoisotopic (exact) mass is 367 g/mol. The van der Waals surface area contributed by atoms with Gasteiger partial charge in [0.25, 0.3) is 5.91 Å². The fourth-order valence-corrected chi connectivity index (χ4v) is 3.18. The molecule has 2 aromatic heterocycles. The number of halogens is 1. The van der Waals surface area contributed by atoms with Gasteiger partial charge in [-0.2, -0.15) is 0 Å². The number of ether oxygens (including phenoxy) is 1. The van der Waals surface area contributed by atoms with E-state index >= 15 is 0 Å². The molecule has 0 saturated carbocycles. The number of amides is 1. The summed E-state index contributed by atoms with van der Waals surface area (Å²) in [5.74, 6) is 0.548. The van der Waals surface area contributed by atoms with Crippen molar-refractivity contribution in [3.05, 3.63) is 38.9 Å². The lowest BCUT2D eigenvalue weighted by Crippen LogP contribution is -2.31. The highest BCUT2D eigenvalue weighted by Crippen LogP contribution is 2.25. The number of carbonyl (C=O) groups excluding carboxylic acids is 1. The summed E-state index contributed by atoms with van der Waals surface area (Å²) in [7, 11) is 0. The smallest absolute Gasteiger partial charge is 0.273 e. The van der Waals surface area contributed by atoms with Crippen molar-refractivity contribution < 1.29 is 9.53 Å². The van der Waals surface area contributed by atoms with E-state index in [2.05, 4.69) is 25.9 Å². The molecule has 3 heterocycles. The number of likely N-dealkylation sites (tertiary alicyclic amines) is 1. The Hall–Kier alpha value is -1.47. The number of pyridine rings is 1. The van der Waals surface area contributed by atoms with Crippen LogP contribution in [0.2, 0.25) is 0 Å². The number of hydrogen-bond acceptors (Lipinski definition) is 5. The van der Waals surface area contributed by atoms with Gasteiger partial charge in [0.2, 0.25) is 5.88 Å². The van der Waals surface area contributed by atoms with Crippen LogP contribution in [0.15, 0.2) is 28.2 Å². The summed E-state index contributed by atoms with van der Waals surface area (Å²) in [6.45, 7) is 3.15. The van der Waals surface area contributed by atoms with Crippen LogP contribution in [0.3, 0.4) is 0 Å². The first-order valence-corrected chi connectivity index (χ1v) is 8.29. The third-order valence-corrected chi connectivity index (χ3v) is 4.65. The quantitative estimate of drug-likeness (QED) is 0.836. The molecular weight excluding hydrogens is 354 g/mol. The van der Waals surface area contributed by atoms with Crippen LogP contribution < -0.4 is 4.74 Å². The van der Waals surface area contributed by atoms with Crippen LogP contribution >= 0.6 is 27.3 Å². The summed E-state index contributed by atoms with van der Waals surface area (Å²) in [5.41, 5.74) is 0.525. The molecule has 1 aliphatic heterocycles. The Kier molecular flexibility index (Phi) is 4.21. The number of nitrogens with zero attached hydrogens (tertiary/aromatic N) is 3. The maximum absolute atomic E-state index is 12.3. The summed E-state index contributed by atoms with van der Waals surface area (Å²) in [5, 5.41) is 2.71. The molecule has 0 N–H and O–H groups in total. The van der Waals surface area contributed by atoms with E-state index in [0.29, 0.717) is 24.7 Å². The molecule has 1 atom stereocenters. The van der Waals surface area contributed by atoms with Crippen molar-refractivity contribution >= 4 is 33.2 Å². The predicted octanol–water partition coefficient (Wildman–Crippen LogP) is 2.90. The Labute approximate surface area is 135 Å². The third-order valence-electron chi connectivity index (χ3n) is 3.27. The van der Waals surface area contributed by atoms with E-state index in [1.165, 1.54) is 11.3 Å². The van der Waals surface area contributed by atoms with Crippen LogP contribution in [0.5, 0.6) is 5.88 Å². The van der Waals surface area contributed by atoms with Gasteiger partial charge in [-0.1, -0.05) is 0 Å². The Morgan fingerprint density at radius 3 is 3.14 bits per heavy atom. The molecule has 0 aliphatic carbocycles. The fourth-order valence-electron chi connectivity index (χ4n) is 2.25. The molecule has 7 heteroatoms. The largest absolute Gasteiger partial charge is 0.472 e. The SMILES string of the molecule is Cc1nc(C(=O)N2CCC(Oc3ncccc3Br)C2)cs1. The van der Waals surface area contributed by atoms with Crippen LogP contribution in [0.4, 0.5) is 0 Å². The van der Waals surface area contributed by atoms with Crippen molar-refractivity contribution in [2.75, 3.05) is 13.1 Å². The van der Waals surface area contributed by atoms with Crippen LogP contribution in [-0.4, -0.2) is 40.0 Å². The molecule has 3 rings (SSSR count). The van der Waals surface area contributed by atoms with Crippen molar-refractivity contribution in [1.29, 1.82) is 0 Å². The molecule has 1 aliphatic rings. The van der Waals surface area contributed by atoms with Gasteiger partial charge < -0.3 is 9.64 Å². The number of carbonyl (C=O) groups is 1. The topological polar surface area (TPSA) is 55.3 Å². The summed E-state index contributed by atoms with van der Waals surface area (Å²) in [6.07, 6.45) is 2.47. The van der Waals surface area contributed by atoms with Crippen molar-refractivity contribution in [3.63, 3.8) is 0 Å². The third kappa shape index (κ3) is 3.24. The first-order valence-electron chi connectivity index (χ1n) is 6.62. The van der Waals surface area contributed by atoms with Gasteiger partial charge in [-0.05, 0) is 35.0 Å². The Balaban J connectivity index is 1.63. The van der Waals surface area contributed by atoms with Gasteiger partial charge in [0.05, 0.1) is 16.0 Å². The molecule has 0 aromatic carbocycles. The number of thiazole rings is 1. The second-order valence-corrected chi connectivity index (χ2v) is 6.74. The minimum atomic E-state index is -0.0279. The van der Waals surface area contributed by atoms with E-state index in [1.54, 1.807) is 16.5 Å². The van der Waals surface area contributed by atoms with Gasteiger partial charge >= 0.3 is 0 Å². The molecule has 1 saturated heterocycles. The Morgan fingerprint density at radius 2 is 2.43 bits per heavy atom. The van der Waals surface area contributed by atoms with Gasteiger partial charge in [-0.3, -0.25) is 4.79 Å². The van der Waals surface area contributed by atoms with Gasteiger partial charge in [0.15, 0.2) is 0 Å². The van der Waals surface area contributed by atoms with Crippen molar-refractivity contribution in [2.45, 2.75) is 19.4 Å². The molecule has 0 bridgehead atoms. The van der Waals surface area contributed by atoms with Gasteiger partial charge in [0.1, 0.15) is 11.8 Å². The first-order chi connectivity index (χ1) is 10.1. The number of aryl methyl sites for hydroxylation is 1. The predicted molar refractivity (Wildman–Crippen MR) is 83.7 cm³/mol. The van der Waals surface area contributed by atoms with E-state index in [4.69, 9.17) is 4.74 Å². The van der Waals surface area contributed by atoms with E-state index in [-0.39, 0.29) is 12.0 Å². The average molecular weight is 368 g/mol. The molecule has 0 radical (unpaired) electrons. The number of rotatable bonds is 3. The fraction of sp³-hybridized carbons (Fsp3) is 0.357. The molecule has 1 fully saturated rings. The van der Waals surface area contributed by atoms with Crippen LogP contribution in [-0.2, 0) is 0 Å². The standard InChI is InChI=1S/C14H14BrN3O2S/c1-9-17-12(8-21-9)14(19)18-6-4-10(7-18)20-13-11(15)3-2-5-16-13/h2-3,5,8,10H,4,6-7H2,1H3. The zero-order valence-corrected chi connectivity index (χ0v) is 13.9. The lowest BCUT2D eigenvalue weighted by atomic mass is 10.3. The highest BCUT2D eigenvalue weighted by atomic mass is 79.9. The zero-order chi connectivity index (χ0) is 14.8.